The molecule has 3 fully saturated rings. The maximum Gasteiger partial charge on any atom is 0.225 e. The largest absolute Gasteiger partial charge is 0.396 e. The third kappa shape index (κ3) is 2.94. The van der Waals surface area contributed by atoms with Crippen molar-refractivity contribution in [1.29, 1.82) is 0 Å². The van der Waals surface area contributed by atoms with Crippen LogP contribution in [-0.2, 0) is 4.79 Å². The molecule has 1 heterocycles. The summed E-state index contributed by atoms with van der Waals surface area (Å²) in [5.41, 5.74) is 0.728. The van der Waals surface area contributed by atoms with Gasteiger partial charge in [0, 0.05) is 12.0 Å². The van der Waals surface area contributed by atoms with Crippen LogP contribution < -0.4 is 5.32 Å². The Morgan fingerprint density at radius 3 is 2.56 bits per heavy atom. The summed E-state index contributed by atoms with van der Waals surface area (Å²) < 4.78 is 0. The SMILES string of the molecule is C=C1CC[C@@H]2[C@](C)(CO)[C@H](O)CC[C@@]2(C)[C@@H]1CCC1C(=O)NCC1O. The monoisotopic (exact) mass is 351 g/mol. The number of aliphatic hydroxyl groups excluding tert-OH is 3. The molecule has 2 aliphatic carbocycles. The Labute approximate surface area is 150 Å². The molecule has 5 heteroatoms. The molecular formula is C20H33NO4. The number of allylic oxidation sites excluding steroid dienone is 1. The number of amides is 1. The van der Waals surface area contributed by atoms with Gasteiger partial charge in [0.25, 0.3) is 0 Å². The lowest BCUT2D eigenvalue weighted by Gasteiger charge is -2.60. The van der Waals surface area contributed by atoms with Crippen LogP contribution >= 0.6 is 0 Å². The lowest BCUT2D eigenvalue weighted by molar-refractivity contribution is -0.153. The van der Waals surface area contributed by atoms with Gasteiger partial charge in [0.15, 0.2) is 0 Å². The van der Waals surface area contributed by atoms with Crippen LogP contribution in [0.5, 0.6) is 0 Å². The molecule has 2 saturated carbocycles. The summed E-state index contributed by atoms with van der Waals surface area (Å²) in [6.07, 6.45) is 3.90. The molecule has 4 N–H and O–H groups in total. The fourth-order valence-electron chi connectivity index (χ4n) is 6.06. The highest BCUT2D eigenvalue weighted by Crippen LogP contribution is 2.61. The third-order valence-electron chi connectivity index (χ3n) is 7.75. The van der Waals surface area contributed by atoms with Crippen LogP contribution in [0.4, 0.5) is 0 Å². The summed E-state index contributed by atoms with van der Waals surface area (Å²) in [6.45, 7) is 8.96. The number of β-amino-alcohol motifs (C(OH)–C–C–N with tert-alkyl or cyclic N) is 1. The molecule has 0 radical (unpaired) electrons. The van der Waals surface area contributed by atoms with Gasteiger partial charge in [-0.2, -0.15) is 0 Å². The number of fused-ring (bicyclic) bond motifs is 1. The van der Waals surface area contributed by atoms with Gasteiger partial charge < -0.3 is 20.6 Å². The molecule has 2 unspecified atom stereocenters. The normalized spacial score (nSPS) is 47.5. The standard InChI is InChI=1S/C20H33NO4/c1-12-4-7-16-19(2,9-8-17(24)20(16,3)11-22)14(12)6-5-13-15(23)10-21-18(13)25/h13-17,22-24H,1,4-11H2,2-3H3,(H,21,25)/t13?,14-,15?,16+,17-,19+,20+/m1/s1. The fourth-order valence-corrected chi connectivity index (χ4v) is 6.06. The Morgan fingerprint density at radius 2 is 1.96 bits per heavy atom. The van der Waals surface area contributed by atoms with Crippen molar-refractivity contribution in [2.24, 2.45) is 28.6 Å². The maximum atomic E-state index is 11.9. The number of carbonyl (C=O) groups excluding carboxylic acids is 1. The van der Waals surface area contributed by atoms with Crippen molar-refractivity contribution in [3.63, 3.8) is 0 Å². The van der Waals surface area contributed by atoms with Crippen LogP contribution in [0.15, 0.2) is 12.2 Å². The predicted molar refractivity (Wildman–Crippen MR) is 95.6 cm³/mol. The van der Waals surface area contributed by atoms with Crippen molar-refractivity contribution in [2.45, 2.75) is 64.6 Å². The first-order valence-corrected chi connectivity index (χ1v) is 9.66. The van der Waals surface area contributed by atoms with E-state index in [1.165, 1.54) is 5.57 Å². The molecule has 0 aromatic rings. The maximum absolute atomic E-state index is 11.9. The van der Waals surface area contributed by atoms with Crippen molar-refractivity contribution >= 4 is 5.91 Å². The Morgan fingerprint density at radius 1 is 1.24 bits per heavy atom. The molecular weight excluding hydrogens is 318 g/mol. The number of hydrogen-bond donors (Lipinski definition) is 4. The minimum absolute atomic E-state index is 0.00261. The van der Waals surface area contributed by atoms with E-state index in [0.717, 1.165) is 25.7 Å². The molecule has 3 aliphatic rings. The fraction of sp³-hybridized carbons (Fsp3) is 0.850. The Kier molecular flexibility index (Phi) is 5.04. The molecule has 3 rings (SSSR count). The highest BCUT2D eigenvalue weighted by Gasteiger charge is 2.57. The smallest absolute Gasteiger partial charge is 0.225 e. The molecule has 0 bridgehead atoms. The molecule has 5 nitrogen and oxygen atoms in total. The number of nitrogens with one attached hydrogen (secondary N) is 1. The van der Waals surface area contributed by atoms with E-state index in [-0.39, 0.29) is 35.7 Å². The van der Waals surface area contributed by atoms with Gasteiger partial charge in [-0.25, -0.2) is 0 Å². The molecule has 1 aliphatic heterocycles. The van der Waals surface area contributed by atoms with E-state index in [9.17, 15) is 20.1 Å². The van der Waals surface area contributed by atoms with Crippen molar-refractivity contribution in [3.05, 3.63) is 12.2 Å². The average Bonchev–Trinajstić information content (AvgIpc) is 2.89. The second-order valence-electron chi connectivity index (χ2n) is 9.02. The molecule has 0 aromatic heterocycles. The Bertz CT molecular complexity index is 550. The van der Waals surface area contributed by atoms with Gasteiger partial charge in [0.1, 0.15) is 0 Å². The molecule has 0 spiro atoms. The van der Waals surface area contributed by atoms with E-state index in [2.05, 4.69) is 18.8 Å². The van der Waals surface area contributed by atoms with Crippen LogP contribution in [0.25, 0.3) is 0 Å². The van der Waals surface area contributed by atoms with Gasteiger partial charge >= 0.3 is 0 Å². The first kappa shape index (κ1) is 18.9. The van der Waals surface area contributed by atoms with E-state index in [4.69, 9.17) is 0 Å². The van der Waals surface area contributed by atoms with E-state index in [0.29, 0.717) is 19.4 Å². The van der Waals surface area contributed by atoms with Crippen LogP contribution in [-0.4, -0.2) is 46.6 Å². The quantitative estimate of drug-likeness (QED) is 0.580. The van der Waals surface area contributed by atoms with Crippen LogP contribution in [0.2, 0.25) is 0 Å². The molecule has 142 valence electrons. The first-order valence-electron chi connectivity index (χ1n) is 9.66. The van der Waals surface area contributed by atoms with Crippen molar-refractivity contribution in [3.8, 4) is 0 Å². The molecule has 1 saturated heterocycles. The Hall–Kier alpha value is -0.910. The van der Waals surface area contributed by atoms with E-state index in [1.807, 2.05) is 6.92 Å². The molecule has 7 atom stereocenters. The number of carbonyl (C=O) groups is 1. The van der Waals surface area contributed by atoms with E-state index < -0.39 is 17.6 Å². The number of aliphatic hydroxyl groups is 3. The van der Waals surface area contributed by atoms with Crippen molar-refractivity contribution in [1.82, 2.24) is 5.32 Å². The van der Waals surface area contributed by atoms with Crippen molar-refractivity contribution in [2.75, 3.05) is 13.2 Å². The second-order valence-corrected chi connectivity index (χ2v) is 9.02. The van der Waals surface area contributed by atoms with E-state index >= 15 is 0 Å². The van der Waals surface area contributed by atoms with E-state index in [1.54, 1.807) is 0 Å². The number of hydrogen-bond acceptors (Lipinski definition) is 4. The lowest BCUT2D eigenvalue weighted by atomic mass is 9.46. The first-order chi connectivity index (χ1) is 11.7. The number of rotatable bonds is 4. The van der Waals surface area contributed by atoms with Gasteiger partial charge in [0.05, 0.1) is 24.7 Å². The van der Waals surface area contributed by atoms with Gasteiger partial charge in [-0.3, -0.25) is 4.79 Å². The highest BCUT2D eigenvalue weighted by atomic mass is 16.3. The summed E-state index contributed by atoms with van der Waals surface area (Å²) >= 11 is 0. The summed E-state index contributed by atoms with van der Waals surface area (Å²) in [5, 5.41) is 33.3. The topological polar surface area (TPSA) is 89.8 Å². The van der Waals surface area contributed by atoms with Crippen molar-refractivity contribution < 1.29 is 20.1 Å². The predicted octanol–water partition coefficient (Wildman–Crippen LogP) is 1.62. The Balaban J connectivity index is 1.80. The van der Waals surface area contributed by atoms with Crippen LogP contribution in [0.1, 0.15) is 52.4 Å². The molecule has 1 amide bonds. The summed E-state index contributed by atoms with van der Waals surface area (Å²) in [6, 6.07) is 0. The lowest BCUT2D eigenvalue weighted by Crippen LogP contribution is -2.57. The minimum atomic E-state index is -0.594. The average molecular weight is 351 g/mol. The van der Waals surface area contributed by atoms with Gasteiger partial charge in [-0.05, 0) is 55.8 Å². The summed E-state index contributed by atoms with van der Waals surface area (Å²) in [4.78, 5) is 11.9. The zero-order valence-electron chi connectivity index (χ0n) is 15.5. The summed E-state index contributed by atoms with van der Waals surface area (Å²) in [5.74, 6) is 0.141. The van der Waals surface area contributed by atoms with Gasteiger partial charge in [-0.15, -0.1) is 0 Å². The highest BCUT2D eigenvalue weighted by molar-refractivity contribution is 5.81. The zero-order chi connectivity index (χ0) is 18.4. The molecule has 25 heavy (non-hydrogen) atoms. The van der Waals surface area contributed by atoms with Gasteiger partial charge in [0.2, 0.25) is 5.91 Å². The second kappa shape index (κ2) is 6.67. The minimum Gasteiger partial charge on any atom is -0.396 e. The van der Waals surface area contributed by atoms with Gasteiger partial charge in [-0.1, -0.05) is 26.0 Å². The van der Waals surface area contributed by atoms with Crippen LogP contribution in [0.3, 0.4) is 0 Å². The molecule has 0 aromatic carbocycles. The summed E-state index contributed by atoms with van der Waals surface area (Å²) in [7, 11) is 0. The zero-order valence-corrected chi connectivity index (χ0v) is 15.5. The van der Waals surface area contributed by atoms with Crippen LogP contribution in [0, 0.1) is 28.6 Å². The third-order valence-corrected chi connectivity index (χ3v) is 7.75.